The van der Waals surface area contributed by atoms with Crippen molar-refractivity contribution in [2.75, 3.05) is 39.4 Å². The van der Waals surface area contributed by atoms with E-state index in [0.29, 0.717) is 6.54 Å². The number of hydrogen-bond donors (Lipinski definition) is 1. The Kier molecular flexibility index (Phi) is 6.20. The average Bonchev–Trinajstić information content (AvgIpc) is 2.83. The van der Waals surface area contributed by atoms with Crippen molar-refractivity contribution in [1.82, 2.24) is 20.0 Å². The van der Waals surface area contributed by atoms with Gasteiger partial charge in [0.05, 0.1) is 29.6 Å². The lowest BCUT2D eigenvalue weighted by Gasteiger charge is -2.26. The Morgan fingerprint density at radius 1 is 1.52 bits per heavy atom. The van der Waals surface area contributed by atoms with E-state index in [1.807, 2.05) is 13.8 Å². The van der Waals surface area contributed by atoms with Crippen molar-refractivity contribution in [1.29, 1.82) is 0 Å². The molecule has 1 N–H and O–H groups in total. The molecule has 2 rings (SSSR count). The zero-order chi connectivity index (χ0) is 15.2. The van der Waals surface area contributed by atoms with Gasteiger partial charge in [-0.15, -0.1) is 0 Å². The maximum Gasteiger partial charge on any atom is 0.244 e. The molecule has 0 unspecified atom stereocenters. The summed E-state index contributed by atoms with van der Waals surface area (Å²) in [5.41, 5.74) is 0.964. The number of hydrogen-bond acceptors (Lipinski definition) is 4. The van der Waals surface area contributed by atoms with Crippen LogP contribution in [0.3, 0.4) is 0 Å². The third kappa shape index (κ3) is 4.52. The maximum absolute atomic E-state index is 12.1. The number of carbonyl (C=O) groups is 1. The van der Waals surface area contributed by atoms with Crippen LogP contribution >= 0.6 is 15.9 Å². The summed E-state index contributed by atoms with van der Waals surface area (Å²) in [6, 6.07) is -0.292. The van der Waals surface area contributed by atoms with Crippen LogP contribution in [0, 0.1) is 6.92 Å². The third-order valence-corrected chi connectivity index (χ3v) is 4.56. The summed E-state index contributed by atoms with van der Waals surface area (Å²) < 4.78 is 7.98. The highest BCUT2D eigenvalue weighted by atomic mass is 79.9. The number of amides is 1. The fourth-order valence-electron chi connectivity index (χ4n) is 2.39. The number of nitrogens with zero attached hydrogens (tertiary/aromatic N) is 3. The van der Waals surface area contributed by atoms with Crippen molar-refractivity contribution in [3.8, 4) is 0 Å². The summed E-state index contributed by atoms with van der Waals surface area (Å²) in [6.07, 6.45) is 2.68. The molecule has 1 aromatic rings. The molecule has 2 heterocycles. The minimum atomic E-state index is -0.292. The number of morpholine rings is 1. The number of nitrogens with one attached hydrogen (secondary N) is 1. The Morgan fingerprint density at radius 3 is 2.86 bits per heavy atom. The lowest BCUT2D eigenvalue weighted by Crippen LogP contribution is -2.39. The summed E-state index contributed by atoms with van der Waals surface area (Å²) in [6.45, 7) is 9.12. The molecule has 1 amide bonds. The Balaban J connectivity index is 1.70. The van der Waals surface area contributed by atoms with E-state index in [1.54, 1.807) is 10.9 Å². The second-order valence-corrected chi connectivity index (χ2v) is 6.15. The molecule has 0 aromatic carbocycles. The van der Waals surface area contributed by atoms with Crippen LogP contribution in [0.15, 0.2) is 10.7 Å². The van der Waals surface area contributed by atoms with Crippen molar-refractivity contribution in [3.05, 3.63) is 16.4 Å². The van der Waals surface area contributed by atoms with Gasteiger partial charge in [-0.2, -0.15) is 5.10 Å². The molecular weight excluding hydrogens is 336 g/mol. The van der Waals surface area contributed by atoms with Gasteiger partial charge in [-0.05, 0) is 42.7 Å². The molecule has 0 radical (unpaired) electrons. The van der Waals surface area contributed by atoms with Crippen LogP contribution in [0.5, 0.6) is 0 Å². The summed E-state index contributed by atoms with van der Waals surface area (Å²) in [4.78, 5) is 14.5. The maximum atomic E-state index is 12.1. The lowest BCUT2D eigenvalue weighted by molar-refractivity contribution is -0.124. The van der Waals surface area contributed by atoms with E-state index in [4.69, 9.17) is 4.74 Å². The molecule has 118 valence electrons. The standard InChI is InChI=1S/C14H23BrN4O2/c1-11-13(15)10-17-19(11)12(2)14(20)16-4-3-5-18-6-8-21-9-7-18/h10,12H,3-9H2,1-2H3,(H,16,20)/t12-/m1/s1. The Bertz CT molecular complexity index is 472. The van der Waals surface area contributed by atoms with Gasteiger partial charge in [0.2, 0.25) is 5.91 Å². The van der Waals surface area contributed by atoms with E-state index in [1.165, 1.54) is 0 Å². The minimum Gasteiger partial charge on any atom is -0.379 e. The predicted octanol–water partition coefficient (Wildman–Crippen LogP) is 1.35. The van der Waals surface area contributed by atoms with Gasteiger partial charge in [-0.25, -0.2) is 0 Å². The van der Waals surface area contributed by atoms with E-state index in [2.05, 4.69) is 31.2 Å². The van der Waals surface area contributed by atoms with Gasteiger partial charge in [-0.3, -0.25) is 14.4 Å². The van der Waals surface area contributed by atoms with Crippen LogP contribution in [-0.4, -0.2) is 60.0 Å². The van der Waals surface area contributed by atoms with Crippen molar-refractivity contribution >= 4 is 21.8 Å². The van der Waals surface area contributed by atoms with Gasteiger partial charge < -0.3 is 10.1 Å². The Hall–Kier alpha value is -0.920. The number of rotatable bonds is 6. The van der Waals surface area contributed by atoms with Gasteiger partial charge >= 0.3 is 0 Å². The Labute approximate surface area is 133 Å². The monoisotopic (exact) mass is 358 g/mol. The smallest absolute Gasteiger partial charge is 0.244 e. The van der Waals surface area contributed by atoms with Crippen LogP contribution in [0.4, 0.5) is 0 Å². The first kappa shape index (κ1) is 16.5. The van der Waals surface area contributed by atoms with Crippen LogP contribution in [0.25, 0.3) is 0 Å². The van der Waals surface area contributed by atoms with Crippen molar-refractivity contribution in [2.24, 2.45) is 0 Å². The molecule has 1 atom stereocenters. The van der Waals surface area contributed by atoms with E-state index in [0.717, 1.165) is 49.4 Å². The third-order valence-electron chi connectivity index (χ3n) is 3.79. The largest absolute Gasteiger partial charge is 0.379 e. The highest BCUT2D eigenvalue weighted by Gasteiger charge is 2.18. The highest BCUT2D eigenvalue weighted by molar-refractivity contribution is 9.10. The molecule has 7 heteroatoms. The summed E-state index contributed by atoms with van der Waals surface area (Å²) in [5.74, 6) is 0.00989. The molecule has 1 saturated heterocycles. The molecule has 0 bridgehead atoms. The quantitative estimate of drug-likeness (QED) is 0.780. The zero-order valence-corrected chi connectivity index (χ0v) is 14.2. The first-order valence-electron chi connectivity index (χ1n) is 7.37. The normalized spacial score (nSPS) is 17.7. The number of aromatic nitrogens is 2. The molecule has 1 aliphatic rings. The zero-order valence-electron chi connectivity index (χ0n) is 12.6. The fraction of sp³-hybridized carbons (Fsp3) is 0.714. The predicted molar refractivity (Wildman–Crippen MR) is 84.3 cm³/mol. The van der Waals surface area contributed by atoms with Crippen LogP contribution < -0.4 is 5.32 Å². The second-order valence-electron chi connectivity index (χ2n) is 5.30. The number of halogens is 1. The van der Waals surface area contributed by atoms with Gasteiger partial charge in [-0.1, -0.05) is 0 Å². The summed E-state index contributed by atoms with van der Waals surface area (Å²) >= 11 is 3.41. The van der Waals surface area contributed by atoms with Crippen molar-refractivity contribution in [2.45, 2.75) is 26.3 Å². The molecule has 0 saturated carbocycles. The van der Waals surface area contributed by atoms with Gasteiger partial charge in [0.15, 0.2) is 0 Å². The Morgan fingerprint density at radius 2 is 2.24 bits per heavy atom. The summed E-state index contributed by atoms with van der Waals surface area (Å²) in [5, 5.41) is 7.21. The van der Waals surface area contributed by atoms with E-state index >= 15 is 0 Å². The molecule has 1 aromatic heterocycles. The van der Waals surface area contributed by atoms with Crippen LogP contribution in [0.1, 0.15) is 25.1 Å². The van der Waals surface area contributed by atoms with Crippen molar-refractivity contribution in [3.63, 3.8) is 0 Å². The first-order valence-corrected chi connectivity index (χ1v) is 8.16. The van der Waals surface area contributed by atoms with Gasteiger partial charge in [0, 0.05) is 19.6 Å². The first-order chi connectivity index (χ1) is 10.1. The van der Waals surface area contributed by atoms with Crippen LogP contribution in [-0.2, 0) is 9.53 Å². The molecule has 1 aliphatic heterocycles. The topological polar surface area (TPSA) is 59.4 Å². The fourth-order valence-corrected chi connectivity index (χ4v) is 2.66. The van der Waals surface area contributed by atoms with E-state index < -0.39 is 0 Å². The van der Waals surface area contributed by atoms with Gasteiger partial charge in [0.1, 0.15) is 6.04 Å². The molecule has 0 aliphatic carbocycles. The van der Waals surface area contributed by atoms with Crippen LogP contribution in [0.2, 0.25) is 0 Å². The van der Waals surface area contributed by atoms with E-state index in [9.17, 15) is 4.79 Å². The second kappa shape index (κ2) is 7.91. The number of ether oxygens (including phenoxy) is 1. The average molecular weight is 359 g/mol. The minimum absolute atomic E-state index is 0.00989. The SMILES string of the molecule is Cc1c(Br)cnn1[C@H](C)C(=O)NCCCN1CCOCC1. The highest BCUT2D eigenvalue weighted by Crippen LogP contribution is 2.18. The number of carbonyl (C=O) groups excluding carboxylic acids is 1. The molecule has 6 nitrogen and oxygen atoms in total. The van der Waals surface area contributed by atoms with Crippen molar-refractivity contribution < 1.29 is 9.53 Å². The summed E-state index contributed by atoms with van der Waals surface area (Å²) in [7, 11) is 0. The van der Waals surface area contributed by atoms with Gasteiger partial charge in [0.25, 0.3) is 0 Å². The lowest BCUT2D eigenvalue weighted by atomic mass is 10.3. The molecule has 0 spiro atoms. The van der Waals surface area contributed by atoms with E-state index in [-0.39, 0.29) is 11.9 Å². The molecule has 1 fully saturated rings. The molecule has 21 heavy (non-hydrogen) atoms. The molecular formula is C14H23BrN4O2.